The SMILES string of the molecule is O=S(=O)(NC1CCOc2ccc(Cl)cc21)c1ccc(Cl)cc1. The first-order valence-electron chi connectivity index (χ1n) is 6.66. The molecule has 22 heavy (non-hydrogen) atoms. The zero-order chi connectivity index (χ0) is 15.7. The van der Waals surface area contributed by atoms with E-state index in [-0.39, 0.29) is 10.9 Å². The molecule has 0 aromatic heterocycles. The van der Waals surface area contributed by atoms with Crippen LogP contribution in [0.5, 0.6) is 5.75 Å². The summed E-state index contributed by atoms with van der Waals surface area (Å²) in [5, 5.41) is 1.03. The van der Waals surface area contributed by atoms with Crippen LogP contribution in [-0.2, 0) is 10.0 Å². The van der Waals surface area contributed by atoms with Crippen molar-refractivity contribution in [3.63, 3.8) is 0 Å². The second-order valence-corrected chi connectivity index (χ2v) is 7.53. The van der Waals surface area contributed by atoms with Crippen molar-refractivity contribution in [2.75, 3.05) is 6.61 Å². The molecule has 0 amide bonds. The van der Waals surface area contributed by atoms with Crippen molar-refractivity contribution in [3.05, 3.63) is 58.1 Å². The lowest BCUT2D eigenvalue weighted by atomic mass is 10.0. The van der Waals surface area contributed by atoms with Gasteiger partial charge in [0.2, 0.25) is 10.0 Å². The van der Waals surface area contributed by atoms with Gasteiger partial charge < -0.3 is 4.74 Å². The number of fused-ring (bicyclic) bond motifs is 1. The third-order valence-corrected chi connectivity index (χ3v) is 5.41. The van der Waals surface area contributed by atoms with Crippen LogP contribution in [0.1, 0.15) is 18.0 Å². The summed E-state index contributed by atoms with van der Waals surface area (Å²) in [4.78, 5) is 0.173. The fourth-order valence-electron chi connectivity index (χ4n) is 2.36. The summed E-state index contributed by atoms with van der Waals surface area (Å²) in [5.74, 6) is 0.652. The van der Waals surface area contributed by atoms with E-state index in [2.05, 4.69) is 4.72 Å². The van der Waals surface area contributed by atoms with Crippen molar-refractivity contribution in [3.8, 4) is 5.75 Å². The molecule has 1 unspecified atom stereocenters. The van der Waals surface area contributed by atoms with Crippen molar-refractivity contribution >= 4 is 33.2 Å². The summed E-state index contributed by atoms with van der Waals surface area (Å²) in [6, 6.07) is 10.9. The van der Waals surface area contributed by atoms with Gasteiger partial charge in [0.05, 0.1) is 17.5 Å². The zero-order valence-corrected chi connectivity index (χ0v) is 13.8. The van der Waals surface area contributed by atoms with E-state index in [1.165, 1.54) is 12.1 Å². The van der Waals surface area contributed by atoms with Gasteiger partial charge in [0.15, 0.2) is 0 Å². The maximum Gasteiger partial charge on any atom is 0.241 e. The molecule has 116 valence electrons. The van der Waals surface area contributed by atoms with E-state index in [0.717, 1.165) is 5.56 Å². The Labute approximate surface area is 139 Å². The van der Waals surface area contributed by atoms with E-state index in [1.54, 1.807) is 30.3 Å². The minimum Gasteiger partial charge on any atom is -0.493 e. The molecule has 2 aromatic rings. The molecule has 1 aliphatic rings. The molecule has 0 fully saturated rings. The van der Waals surface area contributed by atoms with Crippen LogP contribution in [0.4, 0.5) is 0 Å². The molecule has 0 radical (unpaired) electrons. The molecule has 4 nitrogen and oxygen atoms in total. The molecule has 1 N–H and O–H groups in total. The summed E-state index contributed by atoms with van der Waals surface area (Å²) in [7, 11) is -3.64. The van der Waals surface area contributed by atoms with E-state index in [0.29, 0.717) is 28.8 Å². The van der Waals surface area contributed by atoms with Gasteiger partial charge in [-0.15, -0.1) is 0 Å². The smallest absolute Gasteiger partial charge is 0.241 e. The molecular formula is C15H13Cl2NO3S. The third kappa shape index (κ3) is 3.22. The molecule has 1 atom stereocenters. The Bertz CT molecular complexity index is 791. The van der Waals surface area contributed by atoms with E-state index in [1.807, 2.05) is 0 Å². The largest absolute Gasteiger partial charge is 0.493 e. The Hall–Kier alpha value is -1.27. The number of sulfonamides is 1. The van der Waals surface area contributed by atoms with E-state index >= 15 is 0 Å². The van der Waals surface area contributed by atoms with Gasteiger partial charge in [-0.25, -0.2) is 13.1 Å². The van der Waals surface area contributed by atoms with Crippen LogP contribution in [0.25, 0.3) is 0 Å². The van der Waals surface area contributed by atoms with Crippen LogP contribution in [0.3, 0.4) is 0 Å². The average Bonchev–Trinajstić information content (AvgIpc) is 2.48. The number of nitrogens with one attached hydrogen (secondary N) is 1. The predicted octanol–water partition coefficient (Wildman–Crippen LogP) is 3.80. The number of rotatable bonds is 3. The zero-order valence-electron chi connectivity index (χ0n) is 11.4. The maximum absolute atomic E-state index is 12.5. The van der Waals surface area contributed by atoms with E-state index in [9.17, 15) is 8.42 Å². The van der Waals surface area contributed by atoms with Crippen LogP contribution in [0.2, 0.25) is 10.0 Å². The fraction of sp³-hybridized carbons (Fsp3) is 0.200. The van der Waals surface area contributed by atoms with Gasteiger partial charge in [0, 0.05) is 22.0 Å². The van der Waals surface area contributed by atoms with Gasteiger partial charge in [-0.05, 0) is 42.5 Å². The number of ether oxygens (including phenoxy) is 1. The molecule has 0 spiro atoms. The molecule has 0 saturated heterocycles. The lowest BCUT2D eigenvalue weighted by Gasteiger charge is -2.26. The van der Waals surface area contributed by atoms with Crippen molar-refractivity contribution in [2.45, 2.75) is 17.4 Å². The van der Waals surface area contributed by atoms with Crippen LogP contribution in [0.15, 0.2) is 47.4 Å². The van der Waals surface area contributed by atoms with Crippen LogP contribution >= 0.6 is 23.2 Å². The van der Waals surface area contributed by atoms with Crippen molar-refractivity contribution in [1.82, 2.24) is 4.72 Å². The standard InChI is InChI=1S/C15H13Cl2NO3S/c16-10-1-4-12(5-2-10)22(19,20)18-14-7-8-21-15-6-3-11(17)9-13(14)15/h1-6,9,14,18H,7-8H2. The van der Waals surface area contributed by atoms with Gasteiger partial charge >= 0.3 is 0 Å². The Balaban J connectivity index is 1.91. The van der Waals surface area contributed by atoms with Crippen LogP contribution in [0, 0.1) is 0 Å². The third-order valence-electron chi connectivity index (χ3n) is 3.43. The molecule has 1 heterocycles. The van der Waals surface area contributed by atoms with E-state index < -0.39 is 10.0 Å². The number of benzene rings is 2. The first-order chi connectivity index (χ1) is 10.5. The molecule has 2 aromatic carbocycles. The van der Waals surface area contributed by atoms with Crippen molar-refractivity contribution in [2.24, 2.45) is 0 Å². The quantitative estimate of drug-likeness (QED) is 0.908. The summed E-state index contributed by atoms with van der Waals surface area (Å²) in [5.41, 5.74) is 0.747. The highest BCUT2D eigenvalue weighted by atomic mass is 35.5. The highest BCUT2D eigenvalue weighted by molar-refractivity contribution is 7.89. The normalized spacial score (nSPS) is 17.6. The minimum atomic E-state index is -3.64. The predicted molar refractivity (Wildman–Crippen MR) is 86.1 cm³/mol. The lowest BCUT2D eigenvalue weighted by Crippen LogP contribution is -2.32. The number of hydrogen-bond donors (Lipinski definition) is 1. The summed E-state index contributed by atoms with van der Waals surface area (Å²) in [6.45, 7) is 0.447. The second-order valence-electron chi connectivity index (χ2n) is 4.95. The summed E-state index contributed by atoms with van der Waals surface area (Å²) >= 11 is 11.8. The number of halogens is 2. The second kappa shape index (κ2) is 6.08. The van der Waals surface area contributed by atoms with Gasteiger partial charge in [0.25, 0.3) is 0 Å². The van der Waals surface area contributed by atoms with Gasteiger partial charge in [-0.3, -0.25) is 0 Å². The Kier molecular flexibility index (Phi) is 4.32. The molecule has 1 aliphatic heterocycles. The molecule has 0 bridgehead atoms. The molecule has 0 aliphatic carbocycles. The van der Waals surface area contributed by atoms with Crippen molar-refractivity contribution < 1.29 is 13.2 Å². The number of hydrogen-bond acceptors (Lipinski definition) is 3. The van der Waals surface area contributed by atoms with Crippen LogP contribution in [-0.4, -0.2) is 15.0 Å². The van der Waals surface area contributed by atoms with E-state index in [4.69, 9.17) is 27.9 Å². The highest BCUT2D eigenvalue weighted by Crippen LogP contribution is 2.34. The Morgan fingerprint density at radius 2 is 1.73 bits per heavy atom. The average molecular weight is 358 g/mol. The summed E-state index contributed by atoms with van der Waals surface area (Å²) in [6.07, 6.45) is 0.542. The Morgan fingerprint density at radius 1 is 1.05 bits per heavy atom. The first-order valence-corrected chi connectivity index (χ1v) is 8.90. The highest BCUT2D eigenvalue weighted by Gasteiger charge is 2.27. The topological polar surface area (TPSA) is 55.4 Å². The maximum atomic E-state index is 12.5. The fourth-order valence-corrected chi connectivity index (χ4v) is 3.91. The summed E-state index contributed by atoms with van der Waals surface area (Å²) < 4.78 is 33.2. The van der Waals surface area contributed by atoms with Gasteiger partial charge in [-0.2, -0.15) is 0 Å². The van der Waals surface area contributed by atoms with Crippen LogP contribution < -0.4 is 9.46 Å². The van der Waals surface area contributed by atoms with Gasteiger partial charge in [-0.1, -0.05) is 23.2 Å². The molecule has 3 rings (SSSR count). The van der Waals surface area contributed by atoms with Gasteiger partial charge in [0.1, 0.15) is 5.75 Å². The minimum absolute atomic E-state index is 0.173. The van der Waals surface area contributed by atoms with Crippen molar-refractivity contribution in [1.29, 1.82) is 0 Å². The lowest BCUT2D eigenvalue weighted by molar-refractivity contribution is 0.263. The molecule has 7 heteroatoms. The first kappa shape index (κ1) is 15.6. The Morgan fingerprint density at radius 3 is 2.45 bits per heavy atom. The molecular weight excluding hydrogens is 345 g/mol. The monoisotopic (exact) mass is 357 g/mol. The molecule has 0 saturated carbocycles.